The zero-order valence-electron chi connectivity index (χ0n) is 11.3. The number of nitrogens with one attached hydrogen (secondary N) is 1. The van der Waals surface area contributed by atoms with E-state index in [0.717, 1.165) is 0 Å². The van der Waals surface area contributed by atoms with Crippen LogP contribution in [0.1, 0.15) is 6.92 Å². The van der Waals surface area contributed by atoms with E-state index in [4.69, 9.17) is 0 Å². The average molecular weight is 315 g/mol. The Bertz CT molecular complexity index is 687. The van der Waals surface area contributed by atoms with E-state index in [1.165, 1.54) is 18.2 Å². The van der Waals surface area contributed by atoms with Crippen LogP contribution in [0.2, 0.25) is 0 Å². The summed E-state index contributed by atoms with van der Waals surface area (Å²) in [6.45, 7) is 2.36. The molecular formula is C13H15F2N3O2S. The number of sulfone groups is 1. The number of alkyl halides is 2. The maximum atomic E-state index is 12.7. The summed E-state index contributed by atoms with van der Waals surface area (Å²) >= 11 is 0. The lowest BCUT2D eigenvalue weighted by molar-refractivity contribution is 0.235. The van der Waals surface area contributed by atoms with Crippen LogP contribution in [0.15, 0.2) is 47.9 Å². The fourth-order valence-corrected chi connectivity index (χ4v) is 2.85. The number of rotatable bonds is 6. The first-order valence-electron chi connectivity index (χ1n) is 6.24. The van der Waals surface area contributed by atoms with Crippen LogP contribution in [0.3, 0.4) is 0 Å². The minimum Gasteiger partial charge on any atom is -0.380 e. The molecule has 1 unspecified atom stereocenters. The van der Waals surface area contributed by atoms with E-state index in [1.54, 1.807) is 24.8 Å². The summed E-state index contributed by atoms with van der Waals surface area (Å²) in [5.41, 5.74) is 0.172. The molecule has 0 bridgehead atoms. The van der Waals surface area contributed by atoms with Crippen LogP contribution < -0.4 is 5.32 Å². The molecule has 0 radical (unpaired) electrons. The van der Waals surface area contributed by atoms with Crippen molar-refractivity contribution in [2.24, 2.45) is 0 Å². The topological polar surface area (TPSA) is 64.0 Å². The molecule has 0 amide bonds. The van der Waals surface area contributed by atoms with Crippen molar-refractivity contribution in [1.82, 2.24) is 9.55 Å². The molecule has 0 saturated carbocycles. The quantitative estimate of drug-likeness (QED) is 0.889. The van der Waals surface area contributed by atoms with Crippen molar-refractivity contribution in [2.45, 2.75) is 30.2 Å². The third-order valence-electron chi connectivity index (χ3n) is 2.87. The molecule has 1 aromatic carbocycles. The molecule has 21 heavy (non-hydrogen) atoms. The zero-order valence-corrected chi connectivity index (χ0v) is 12.1. The minimum atomic E-state index is -4.63. The van der Waals surface area contributed by atoms with Gasteiger partial charge in [-0.2, -0.15) is 8.78 Å². The van der Waals surface area contributed by atoms with Gasteiger partial charge < -0.3 is 9.88 Å². The van der Waals surface area contributed by atoms with Crippen molar-refractivity contribution in [3.63, 3.8) is 0 Å². The van der Waals surface area contributed by atoms with E-state index >= 15 is 0 Å². The fourth-order valence-electron chi connectivity index (χ4n) is 1.95. The lowest BCUT2D eigenvalue weighted by atomic mass is 10.2. The van der Waals surface area contributed by atoms with Gasteiger partial charge in [0.15, 0.2) is 0 Å². The maximum absolute atomic E-state index is 12.7. The summed E-state index contributed by atoms with van der Waals surface area (Å²) in [7, 11) is -4.63. The molecule has 1 N–H and O–H groups in total. The summed E-state index contributed by atoms with van der Waals surface area (Å²) in [5, 5.41) is 2.95. The van der Waals surface area contributed by atoms with Gasteiger partial charge in [-0.25, -0.2) is 13.4 Å². The summed E-state index contributed by atoms with van der Waals surface area (Å²) in [6.07, 6.45) is 5.02. The predicted octanol–water partition coefficient (Wildman–Crippen LogP) is 2.38. The highest BCUT2D eigenvalue weighted by Crippen LogP contribution is 2.26. The van der Waals surface area contributed by atoms with Gasteiger partial charge in [0.25, 0.3) is 0 Å². The minimum absolute atomic E-state index is 0.159. The number of para-hydroxylation sites is 1. The molecule has 2 aromatic rings. The van der Waals surface area contributed by atoms with Crippen LogP contribution in [-0.2, 0) is 16.4 Å². The molecule has 0 spiro atoms. The summed E-state index contributed by atoms with van der Waals surface area (Å²) in [5.74, 6) is -3.44. The van der Waals surface area contributed by atoms with E-state index in [2.05, 4.69) is 10.3 Å². The van der Waals surface area contributed by atoms with Crippen LogP contribution in [-0.4, -0.2) is 29.8 Å². The van der Waals surface area contributed by atoms with E-state index in [0.29, 0.717) is 6.54 Å². The Kier molecular flexibility index (Phi) is 4.56. The molecular weight excluding hydrogens is 300 g/mol. The van der Waals surface area contributed by atoms with Gasteiger partial charge in [-0.3, -0.25) is 0 Å². The Hall–Kier alpha value is -1.96. The number of anilines is 1. The monoisotopic (exact) mass is 315 g/mol. The number of imidazole rings is 1. The molecule has 2 rings (SSSR count). The molecule has 114 valence electrons. The second kappa shape index (κ2) is 6.21. The van der Waals surface area contributed by atoms with E-state index in [-0.39, 0.29) is 11.7 Å². The normalized spacial score (nSPS) is 13.3. The maximum Gasteiger partial charge on any atom is 0.341 e. The molecule has 0 aliphatic heterocycles. The SMILES string of the molecule is CC(Cn1ccnc1)Nc1ccccc1S(=O)(=O)C(F)F. The first kappa shape index (κ1) is 15.4. The van der Waals surface area contributed by atoms with Gasteiger partial charge in [-0.05, 0) is 19.1 Å². The number of hydrogen-bond acceptors (Lipinski definition) is 4. The largest absolute Gasteiger partial charge is 0.380 e. The molecule has 1 heterocycles. The van der Waals surface area contributed by atoms with E-state index < -0.39 is 20.5 Å². The molecule has 0 fully saturated rings. The molecule has 8 heteroatoms. The van der Waals surface area contributed by atoms with Gasteiger partial charge in [0.1, 0.15) is 0 Å². The van der Waals surface area contributed by atoms with Crippen molar-refractivity contribution in [2.75, 3.05) is 5.32 Å². The van der Waals surface area contributed by atoms with Crippen LogP contribution in [0.25, 0.3) is 0 Å². The van der Waals surface area contributed by atoms with Crippen molar-refractivity contribution >= 4 is 15.5 Å². The van der Waals surface area contributed by atoms with Crippen LogP contribution in [0.5, 0.6) is 0 Å². The summed E-state index contributed by atoms with van der Waals surface area (Å²) < 4.78 is 50.5. The van der Waals surface area contributed by atoms with Crippen molar-refractivity contribution in [1.29, 1.82) is 0 Å². The highest BCUT2D eigenvalue weighted by molar-refractivity contribution is 7.91. The molecule has 0 saturated heterocycles. The molecule has 0 aliphatic carbocycles. The van der Waals surface area contributed by atoms with Gasteiger partial charge in [0.05, 0.1) is 16.9 Å². The number of aromatic nitrogens is 2. The van der Waals surface area contributed by atoms with Crippen molar-refractivity contribution in [3.05, 3.63) is 43.0 Å². The zero-order chi connectivity index (χ0) is 15.5. The molecule has 1 aromatic heterocycles. The van der Waals surface area contributed by atoms with Gasteiger partial charge in [-0.15, -0.1) is 0 Å². The number of halogens is 2. The van der Waals surface area contributed by atoms with Crippen molar-refractivity contribution in [3.8, 4) is 0 Å². The third-order valence-corrected chi connectivity index (χ3v) is 4.31. The highest BCUT2D eigenvalue weighted by Gasteiger charge is 2.29. The lowest BCUT2D eigenvalue weighted by Gasteiger charge is -2.18. The molecule has 1 atom stereocenters. The van der Waals surface area contributed by atoms with Gasteiger partial charge in [0, 0.05) is 25.0 Å². The average Bonchev–Trinajstić information content (AvgIpc) is 2.91. The van der Waals surface area contributed by atoms with Crippen LogP contribution in [0.4, 0.5) is 14.5 Å². The Labute approximate surface area is 121 Å². The van der Waals surface area contributed by atoms with E-state index in [1.807, 2.05) is 11.5 Å². The number of hydrogen-bond donors (Lipinski definition) is 1. The van der Waals surface area contributed by atoms with Gasteiger partial charge in [0.2, 0.25) is 9.84 Å². The molecule has 0 aliphatic rings. The van der Waals surface area contributed by atoms with Gasteiger partial charge in [-0.1, -0.05) is 12.1 Å². The van der Waals surface area contributed by atoms with Gasteiger partial charge >= 0.3 is 5.76 Å². The van der Waals surface area contributed by atoms with E-state index in [9.17, 15) is 17.2 Å². The lowest BCUT2D eigenvalue weighted by Crippen LogP contribution is -2.23. The first-order chi connectivity index (χ1) is 9.91. The predicted molar refractivity (Wildman–Crippen MR) is 74.9 cm³/mol. The Balaban J connectivity index is 2.21. The summed E-state index contributed by atoms with van der Waals surface area (Å²) in [6, 6.07) is 5.50. The fraction of sp³-hybridized carbons (Fsp3) is 0.308. The second-order valence-corrected chi connectivity index (χ2v) is 6.49. The first-order valence-corrected chi connectivity index (χ1v) is 7.79. The highest BCUT2D eigenvalue weighted by atomic mass is 32.2. The number of nitrogens with zero attached hydrogens (tertiary/aromatic N) is 2. The second-order valence-electron chi connectivity index (χ2n) is 4.61. The van der Waals surface area contributed by atoms with Crippen LogP contribution in [0, 0.1) is 0 Å². The summed E-state index contributed by atoms with van der Waals surface area (Å²) in [4.78, 5) is 3.51. The smallest absolute Gasteiger partial charge is 0.341 e. The third kappa shape index (κ3) is 3.57. The van der Waals surface area contributed by atoms with Crippen molar-refractivity contribution < 1.29 is 17.2 Å². The number of benzene rings is 1. The molecule has 5 nitrogen and oxygen atoms in total. The Morgan fingerprint density at radius 2 is 2.05 bits per heavy atom. The van der Waals surface area contributed by atoms with Crippen LogP contribution >= 0.6 is 0 Å². The Morgan fingerprint density at radius 1 is 1.33 bits per heavy atom. The standard InChI is InChI=1S/C13H15F2N3O2S/c1-10(8-18-7-6-16-9-18)17-11-4-2-3-5-12(11)21(19,20)13(14)15/h2-7,9-10,13,17H,8H2,1H3. The Morgan fingerprint density at radius 3 is 2.67 bits per heavy atom.